The fourth-order valence-corrected chi connectivity index (χ4v) is 3.26. The summed E-state index contributed by atoms with van der Waals surface area (Å²) in [5.74, 6) is -0.119. The summed E-state index contributed by atoms with van der Waals surface area (Å²) in [6.45, 7) is 2.42. The lowest BCUT2D eigenvalue weighted by atomic mass is 9.56. The molecule has 0 bridgehead atoms. The van der Waals surface area contributed by atoms with Gasteiger partial charge in [-0.15, -0.1) is 0 Å². The Bertz CT molecular complexity index is 955. The van der Waals surface area contributed by atoms with Gasteiger partial charge in [-0.05, 0) is 59.8 Å². The van der Waals surface area contributed by atoms with Gasteiger partial charge in [0.15, 0.2) is 0 Å². The molecule has 0 fully saturated rings. The van der Waals surface area contributed by atoms with Crippen molar-refractivity contribution in [3.8, 4) is 0 Å². The maximum Gasteiger partial charge on any atom is 0.362 e. The Balaban J connectivity index is 1.58. The normalized spacial score (nSPS) is 12.8. The van der Waals surface area contributed by atoms with Crippen molar-refractivity contribution in [2.24, 2.45) is 0 Å². The SMILES string of the molecule is Cc1ccc(C(=O)Nc2ccc3c(c2)B(c2ccc(Cl)cc2)OC3)cc1. The van der Waals surface area contributed by atoms with Crippen molar-refractivity contribution in [1.82, 2.24) is 0 Å². The van der Waals surface area contributed by atoms with Gasteiger partial charge in [-0.2, -0.15) is 0 Å². The maximum absolute atomic E-state index is 12.5. The van der Waals surface area contributed by atoms with Gasteiger partial charge < -0.3 is 9.97 Å². The van der Waals surface area contributed by atoms with Gasteiger partial charge in [-0.3, -0.25) is 4.79 Å². The minimum atomic E-state index is -0.140. The lowest BCUT2D eigenvalue weighted by Gasteiger charge is -2.10. The van der Waals surface area contributed by atoms with Crippen molar-refractivity contribution < 1.29 is 9.45 Å². The van der Waals surface area contributed by atoms with E-state index in [4.69, 9.17) is 16.3 Å². The first-order valence-electron chi connectivity index (χ1n) is 8.48. The molecule has 0 aromatic heterocycles. The van der Waals surface area contributed by atoms with Crippen molar-refractivity contribution in [3.63, 3.8) is 0 Å². The van der Waals surface area contributed by atoms with Gasteiger partial charge in [0.1, 0.15) is 0 Å². The summed E-state index contributed by atoms with van der Waals surface area (Å²) >= 11 is 5.98. The minimum absolute atomic E-state index is 0.119. The standard InChI is InChI=1S/C21H17BClNO2/c1-14-2-4-15(5-3-14)21(25)24-19-11-6-16-13-26-22(20(16)12-19)17-7-9-18(23)10-8-17/h2-12H,13H2,1H3,(H,24,25). The summed E-state index contributed by atoms with van der Waals surface area (Å²) in [7, 11) is 0. The van der Waals surface area contributed by atoms with E-state index in [2.05, 4.69) is 5.32 Å². The molecule has 1 heterocycles. The summed E-state index contributed by atoms with van der Waals surface area (Å²) in [4.78, 5) is 12.5. The highest BCUT2D eigenvalue weighted by Crippen LogP contribution is 2.17. The molecular formula is C21H17BClNO2. The van der Waals surface area contributed by atoms with Crippen molar-refractivity contribution in [2.45, 2.75) is 13.5 Å². The Morgan fingerprint density at radius 1 is 1.04 bits per heavy atom. The second-order valence-electron chi connectivity index (χ2n) is 6.48. The van der Waals surface area contributed by atoms with E-state index >= 15 is 0 Å². The monoisotopic (exact) mass is 361 g/mol. The molecule has 26 heavy (non-hydrogen) atoms. The smallest absolute Gasteiger partial charge is 0.362 e. The average Bonchev–Trinajstić information content (AvgIpc) is 3.06. The largest absolute Gasteiger partial charge is 0.423 e. The van der Waals surface area contributed by atoms with E-state index < -0.39 is 0 Å². The average molecular weight is 362 g/mol. The molecule has 3 aromatic rings. The summed E-state index contributed by atoms with van der Waals surface area (Å²) < 4.78 is 5.95. The van der Waals surface area contributed by atoms with E-state index in [9.17, 15) is 4.79 Å². The molecule has 4 rings (SSSR count). The summed E-state index contributed by atoms with van der Waals surface area (Å²) in [6, 6.07) is 21.1. The number of amides is 1. The second-order valence-corrected chi connectivity index (χ2v) is 6.91. The summed E-state index contributed by atoms with van der Waals surface area (Å²) in [5, 5.41) is 3.67. The van der Waals surface area contributed by atoms with Crippen LogP contribution in [0.1, 0.15) is 21.5 Å². The predicted octanol–water partition coefficient (Wildman–Crippen LogP) is 3.54. The number of carbonyl (C=O) groups is 1. The van der Waals surface area contributed by atoms with Crippen LogP contribution in [-0.2, 0) is 11.3 Å². The molecule has 0 spiro atoms. The minimum Gasteiger partial charge on any atom is -0.423 e. The van der Waals surface area contributed by atoms with Crippen LogP contribution in [-0.4, -0.2) is 12.8 Å². The molecule has 5 heteroatoms. The van der Waals surface area contributed by atoms with Gasteiger partial charge in [-0.25, -0.2) is 0 Å². The molecule has 1 aliphatic heterocycles. The number of fused-ring (bicyclic) bond motifs is 1. The third-order valence-corrected chi connectivity index (χ3v) is 4.83. The number of anilines is 1. The van der Waals surface area contributed by atoms with Gasteiger partial charge >= 0.3 is 6.92 Å². The molecule has 1 N–H and O–H groups in total. The molecule has 3 nitrogen and oxygen atoms in total. The van der Waals surface area contributed by atoms with Crippen molar-refractivity contribution in [2.75, 3.05) is 5.32 Å². The highest BCUT2D eigenvalue weighted by atomic mass is 35.5. The topological polar surface area (TPSA) is 38.3 Å². The van der Waals surface area contributed by atoms with Crippen LogP contribution < -0.4 is 16.2 Å². The first-order valence-corrected chi connectivity index (χ1v) is 8.86. The first-order chi connectivity index (χ1) is 12.6. The lowest BCUT2D eigenvalue weighted by molar-refractivity contribution is 0.102. The van der Waals surface area contributed by atoms with Crippen LogP contribution in [0.2, 0.25) is 5.02 Å². The van der Waals surface area contributed by atoms with Crippen LogP contribution in [0.25, 0.3) is 0 Å². The molecule has 0 saturated carbocycles. The van der Waals surface area contributed by atoms with Gasteiger partial charge in [-0.1, -0.05) is 47.5 Å². The first kappa shape index (κ1) is 16.9. The molecule has 0 aliphatic carbocycles. The number of hydrogen-bond donors (Lipinski definition) is 1. The van der Waals surface area contributed by atoms with Crippen LogP contribution >= 0.6 is 11.6 Å². The highest BCUT2D eigenvalue weighted by Gasteiger charge is 2.30. The maximum atomic E-state index is 12.5. The zero-order chi connectivity index (χ0) is 18.1. The van der Waals surface area contributed by atoms with Gasteiger partial charge in [0.2, 0.25) is 0 Å². The molecule has 3 aromatic carbocycles. The lowest BCUT2D eigenvalue weighted by Crippen LogP contribution is -2.41. The number of benzene rings is 3. The fourth-order valence-electron chi connectivity index (χ4n) is 3.13. The molecule has 0 saturated heterocycles. The second kappa shape index (κ2) is 6.98. The quantitative estimate of drug-likeness (QED) is 0.725. The van der Waals surface area contributed by atoms with Crippen molar-refractivity contribution in [3.05, 3.63) is 88.4 Å². The van der Waals surface area contributed by atoms with Crippen molar-refractivity contribution >= 4 is 41.0 Å². The van der Waals surface area contributed by atoms with E-state index in [1.165, 1.54) is 0 Å². The highest BCUT2D eigenvalue weighted by molar-refractivity contribution is 6.81. The number of hydrogen-bond acceptors (Lipinski definition) is 2. The Morgan fingerprint density at radius 3 is 2.50 bits per heavy atom. The molecule has 0 atom stereocenters. The number of carbonyl (C=O) groups excluding carboxylic acids is 1. The van der Waals surface area contributed by atoms with Crippen LogP contribution in [0, 0.1) is 6.92 Å². The van der Waals surface area contributed by atoms with Crippen LogP contribution in [0.3, 0.4) is 0 Å². The Morgan fingerprint density at radius 2 is 1.77 bits per heavy atom. The molecule has 128 valence electrons. The predicted molar refractivity (Wildman–Crippen MR) is 107 cm³/mol. The van der Waals surface area contributed by atoms with Crippen molar-refractivity contribution in [1.29, 1.82) is 0 Å². The van der Waals surface area contributed by atoms with Gasteiger partial charge in [0.25, 0.3) is 5.91 Å². The molecule has 1 aliphatic rings. The number of rotatable bonds is 3. The van der Waals surface area contributed by atoms with E-state index in [1.54, 1.807) is 0 Å². The fraction of sp³-hybridized carbons (Fsp3) is 0.0952. The third-order valence-electron chi connectivity index (χ3n) is 4.58. The number of aryl methyl sites for hydroxylation is 1. The van der Waals surface area contributed by atoms with Gasteiger partial charge in [0, 0.05) is 16.3 Å². The Hall–Kier alpha value is -2.56. The third kappa shape index (κ3) is 3.39. The summed E-state index contributed by atoms with van der Waals surface area (Å²) in [5.41, 5.74) is 5.80. The Labute approximate surface area is 158 Å². The molecule has 1 amide bonds. The van der Waals surface area contributed by atoms with E-state index in [1.807, 2.05) is 73.7 Å². The van der Waals surface area contributed by atoms with Gasteiger partial charge in [0.05, 0.1) is 6.61 Å². The van der Waals surface area contributed by atoms with E-state index in [0.717, 1.165) is 27.7 Å². The molecule has 0 unspecified atom stereocenters. The zero-order valence-corrected chi connectivity index (χ0v) is 15.1. The Kier molecular flexibility index (Phi) is 4.54. The van der Waals surface area contributed by atoms with Crippen LogP contribution in [0.5, 0.6) is 0 Å². The van der Waals surface area contributed by atoms with Crippen LogP contribution in [0.4, 0.5) is 5.69 Å². The molecular weight excluding hydrogens is 345 g/mol. The molecule has 0 radical (unpaired) electrons. The summed E-state index contributed by atoms with van der Waals surface area (Å²) in [6.07, 6.45) is 0. The zero-order valence-electron chi connectivity index (χ0n) is 14.3. The van der Waals surface area contributed by atoms with E-state index in [-0.39, 0.29) is 12.8 Å². The van der Waals surface area contributed by atoms with E-state index in [0.29, 0.717) is 17.2 Å². The number of nitrogens with one attached hydrogen (secondary N) is 1. The number of halogens is 1. The van der Waals surface area contributed by atoms with Crippen LogP contribution in [0.15, 0.2) is 66.7 Å².